The fraction of sp³-hybridized carbons (Fsp3) is 0.471. The number of nitrogens with zero attached hydrogens (tertiary/aromatic N) is 2. The Bertz CT molecular complexity index is 661. The van der Waals surface area contributed by atoms with Crippen LogP contribution >= 0.6 is 0 Å². The van der Waals surface area contributed by atoms with Gasteiger partial charge in [-0.3, -0.25) is 4.68 Å². The van der Waals surface area contributed by atoms with Crippen LogP contribution in [0.1, 0.15) is 36.4 Å². The van der Waals surface area contributed by atoms with Gasteiger partial charge < -0.3 is 5.73 Å². The molecule has 2 N–H and O–H groups in total. The van der Waals surface area contributed by atoms with Crippen LogP contribution in [0, 0.1) is 18.8 Å². The number of rotatable bonds is 2. The summed E-state index contributed by atoms with van der Waals surface area (Å²) in [6.45, 7) is 2.13. The Morgan fingerprint density at radius 3 is 2.70 bits per heavy atom. The molecule has 0 amide bonds. The zero-order valence-electron chi connectivity index (χ0n) is 12.1. The molecule has 2 atom stereocenters. The third kappa shape index (κ3) is 1.62. The van der Waals surface area contributed by atoms with E-state index < -0.39 is 0 Å². The molecule has 0 aliphatic heterocycles. The highest BCUT2D eigenvalue weighted by molar-refractivity contribution is 5.78. The Kier molecular flexibility index (Phi) is 2.47. The molecule has 2 fully saturated rings. The second kappa shape index (κ2) is 4.11. The van der Waals surface area contributed by atoms with Gasteiger partial charge in [-0.1, -0.05) is 36.2 Å². The van der Waals surface area contributed by atoms with Gasteiger partial charge in [-0.05, 0) is 37.2 Å². The standard InChI is InChI=1S/C17H21N3/c1-10-5-3-6-11(9-10)14-16(19-20(2)17(14)18)15-12-7-4-8-13(12)15/h3,5-6,9,12-13,15H,4,7-8,18H2,1-2H3. The van der Waals surface area contributed by atoms with Crippen molar-refractivity contribution in [1.29, 1.82) is 0 Å². The summed E-state index contributed by atoms with van der Waals surface area (Å²) >= 11 is 0. The summed E-state index contributed by atoms with van der Waals surface area (Å²) in [5.41, 5.74) is 11.2. The van der Waals surface area contributed by atoms with Gasteiger partial charge in [0.1, 0.15) is 5.82 Å². The Labute approximate surface area is 119 Å². The largest absolute Gasteiger partial charge is 0.383 e. The lowest BCUT2D eigenvalue weighted by Gasteiger charge is -2.06. The van der Waals surface area contributed by atoms with Crippen molar-refractivity contribution >= 4 is 5.82 Å². The van der Waals surface area contributed by atoms with E-state index in [9.17, 15) is 0 Å². The predicted molar refractivity (Wildman–Crippen MR) is 81.4 cm³/mol. The van der Waals surface area contributed by atoms with E-state index in [2.05, 4.69) is 31.2 Å². The van der Waals surface area contributed by atoms with E-state index in [0.717, 1.165) is 17.7 Å². The molecule has 2 saturated carbocycles. The highest BCUT2D eigenvalue weighted by atomic mass is 15.3. The second-order valence-corrected chi connectivity index (χ2v) is 6.42. The van der Waals surface area contributed by atoms with Gasteiger partial charge in [-0.25, -0.2) is 0 Å². The van der Waals surface area contributed by atoms with Crippen molar-refractivity contribution in [2.75, 3.05) is 5.73 Å². The molecule has 2 unspecified atom stereocenters. The summed E-state index contributed by atoms with van der Waals surface area (Å²) in [6.07, 6.45) is 4.14. The van der Waals surface area contributed by atoms with Crippen LogP contribution in [0.2, 0.25) is 0 Å². The third-order valence-electron chi connectivity index (χ3n) is 5.15. The highest BCUT2D eigenvalue weighted by Gasteiger charge is 2.55. The maximum atomic E-state index is 6.30. The highest BCUT2D eigenvalue weighted by Crippen LogP contribution is 2.64. The molecule has 0 radical (unpaired) electrons. The zero-order chi connectivity index (χ0) is 13.9. The summed E-state index contributed by atoms with van der Waals surface area (Å²) < 4.78 is 1.85. The topological polar surface area (TPSA) is 43.8 Å². The van der Waals surface area contributed by atoms with Crippen LogP contribution < -0.4 is 5.73 Å². The van der Waals surface area contributed by atoms with Gasteiger partial charge in [0.25, 0.3) is 0 Å². The number of fused-ring (bicyclic) bond motifs is 1. The first-order valence-electron chi connectivity index (χ1n) is 7.56. The first kappa shape index (κ1) is 12.0. The van der Waals surface area contributed by atoms with Crippen LogP contribution in [0.3, 0.4) is 0 Å². The molecule has 2 aliphatic carbocycles. The van der Waals surface area contributed by atoms with Crippen LogP contribution in [-0.2, 0) is 7.05 Å². The smallest absolute Gasteiger partial charge is 0.129 e. The zero-order valence-corrected chi connectivity index (χ0v) is 12.1. The van der Waals surface area contributed by atoms with Gasteiger partial charge in [0.05, 0.1) is 5.69 Å². The number of anilines is 1. The van der Waals surface area contributed by atoms with E-state index in [1.807, 2.05) is 11.7 Å². The average molecular weight is 267 g/mol. The molecule has 0 saturated heterocycles. The number of aryl methyl sites for hydroxylation is 2. The molecule has 20 heavy (non-hydrogen) atoms. The lowest BCUT2D eigenvalue weighted by Crippen LogP contribution is -1.98. The minimum atomic E-state index is 0.655. The lowest BCUT2D eigenvalue weighted by molar-refractivity contribution is 0.655. The van der Waals surface area contributed by atoms with E-state index in [-0.39, 0.29) is 0 Å². The SMILES string of the molecule is Cc1cccc(-c2c(C3C4CCCC43)nn(C)c2N)c1. The minimum absolute atomic E-state index is 0.655. The van der Waals surface area contributed by atoms with Crippen LogP contribution in [0.4, 0.5) is 5.82 Å². The summed E-state index contributed by atoms with van der Waals surface area (Å²) in [4.78, 5) is 0. The summed E-state index contributed by atoms with van der Waals surface area (Å²) in [7, 11) is 1.95. The molecular weight excluding hydrogens is 246 g/mol. The van der Waals surface area contributed by atoms with E-state index in [0.29, 0.717) is 5.92 Å². The number of nitrogens with two attached hydrogens (primary N) is 1. The van der Waals surface area contributed by atoms with Gasteiger partial charge in [-0.2, -0.15) is 5.10 Å². The van der Waals surface area contributed by atoms with Crippen molar-refractivity contribution in [3.05, 3.63) is 35.5 Å². The second-order valence-electron chi connectivity index (χ2n) is 6.42. The molecular formula is C17H21N3. The van der Waals surface area contributed by atoms with Crippen LogP contribution in [0.15, 0.2) is 24.3 Å². The normalized spacial score (nSPS) is 27.6. The predicted octanol–water partition coefficient (Wildman–Crippen LogP) is 3.49. The van der Waals surface area contributed by atoms with E-state index in [1.165, 1.54) is 41.6 Å². The first-order chi connectivity index (χ1) is 9.66. The van der Waals surface area contributed by atoms with Gasteiger partial charge in [0.2, 0.25) is 0 Å². The van der Waals surface area contributed by atoms with Crippen molar-refractivity contribution < 1.29 is 0 Å². The quantitative estimate of drug-likeness (QED) is 0.905. The van der Waals surface area contributed by atoms with E-state index >= 15 is 0 Å². The molecule has 104 valence electrons. The molecule has 4 rings (SSSR count). The van der Waals surface area contributed by atoms with Crippen molar-refractivity contribution in [3.63, 3.8) is 0 Å². The molecule has 0 bridgehead atoms. The lowest BCUT2D eigenvalue weighted by atomic mass is 9.98. The monoisotopic (exact) mass is 267 g/mol. The molecule has 1 aromatic carbocycles. The molecule has 3 heteroatoms. The molecule has 2 aliphatic rings. The molecule has 2 aromatic rings. The molecule has 1 heterocycles. The fourth-order valence-corrected chi connectivity index (χ4v) is 4.12. The van der Waals surface area contributed by atoms with Crippen LogP contribution in [-0.4, -0.2) is 9.78 Å². The molecule has 3 nitrogen and oxygen atoms in total. The summed E-state index contributed by atoms with van der Waals surface area (Å²) in [6, 6.07) is 8.60. The minimum Gasteiger partial charge on any atom is -0.383 e. The van der Waals surface area contributed by atoms with Gasteiger partial charge >= 0.3 is 0 Å². The van der Waals surface area contributed by atoms with Gasteiger partial charge in [0.15, 0.2) is 0 Å². The Hall–Kier alpha value is -1.77. The Morgan fingerprint density at radius 1 is 1.25 bits per heavy atom. The number of aromatic nitrogens is 2. The summed E-state index contributed by atoms with van der Waals surface area (Å²) in [5, 5.41) is 4.75. The fourth-order valence-electron chi connectivity index (χ4n) is 4.12. The third-order valence-corrected chi connectivity index (χ3v) is 5.15. The maximum absolute atomic E-state index is 6.30. The Morgan fingerprint density at radius 2 is 2.00 bits per heavy atom. The van der Waals surface area contributed by atoms with Gasteiger partial charge in [-0.15, -0.1) is 0 Å². The summed E-state index contributed by atoms with van der Waals surface area (Å²) in [5.74, 6) is 3.19. The van der Waals surface area contributed by atoms with E-state index in [1.54, 1.807) is 0 Å². The molecule has 1 aromatic heterocycles. The number of benzene rings is 1. The van der Waals surface area contributed by atoms with E-state index in [4.69, 9.17) is 10.8 Å². The maximum Gasteiger partial charge on any atom is 0.129 e. The van der Waals surface area contributed by atoms with Crippen molar-refractivity contribution in [1.82, 2.24) is 9.78 Å². The Balaban J connectivity index is 1.82. The number of hydrogen-bond donors (Lipinski definition) is 1. The first-order valence-corrected chi connectivity index (χ1v) is 7.56. The van der Waals surface area contributed by atoms with Crippen molar-refractivity contribution in [3.8, 4) is 11.1 Å². The number of nitrogen functional groups attached to an aromatic ring is 1. The average Bonchev–Trinajstić information content (AvgIpc) is 2.77. The van der Waals surface area contributed by atoms with Crippen LogP contribution in [0.25, 0.3) is 11.1 Å². The number of hydrogen-bond acceptors (Lipinski definition) is 2. The van der Waals surface area contributed by atoms with Crippen LogP contribution in [0.5, 0.6) is 0 Å². The van der Waals surface area contributed by atoms with Gasteiger partial charge in [0, 0.05) is 18.5 Å². The van der Waals surface area contributed by atoms with Crippen molar-refractivity contribution in [2.45, 2.75) is 32.1 Å². The molecule has 0 spiro atoms. The van der Waals surface area contributed by atoms with Crippen molar-refractivity contribution in [2.24, 2.45) is 18.9 Å².